The predicted molar refractivity (Wildman–Crippen MR) is 117 cm³/mol. The topological polar surface area (TPSA) is 132 Å². The number of esters is 2. The van der Waals surface area contributed by atoms with Crippen LogP contribution in [0.4, 0.5) is 0 Å². The van der Waals surface area contributed by atoms with Crippen molar-refractivity contribution in [3.63, 3.8) is 0 Å². The van der Waals surface area contributed by atoms with Crippen LogP contribution in [0.3, 0.4) is 0 Å². The third kappa shape index (κ3) is 6.08. The zero-order valence-electron chi connectivity index (χ0n) is 18.2. The molecule has 0 fully saturated rings. The average Bonchev–Trinajstić information content (AvgIpc) is 2.73. The molecular formula is C20H26ClN3O7S. The number of hydrogen-bond acceptors (Lipinski definition) is 8. The summed E-state index contributed by atoms with van der Waals surface area (Å²) in [6.45, 7) is 4.76. The lowest BCUT2D eigenvalue weighted by Gasteiger charge is -2.31. The van der Waals surface area contributed by atoms with Crippen molar-refractivity contribution in [2.24, 2.45) is 0 Å². The number of allylic oxidation sites excluding steroid dienone is 1. The van der Waals surface area contributed by atoms with E-state index in [0.29, 0.717) is 16.3 Å². The van der Waals surface area contributed by atoms with E-state index < -0.39 is 28.1 Å². The third-order valence-electron chi connectivity index (χ3n) is 4.48. The molecule has 1 unspecified atom stereocenters. The van der Waals surface area contributed by atoms with Crippen molar-refractivity contribution in [1.29, 1.82) is 0 Å². The van der Waals surface area contributed by atoms with Gasteiger partial charge in [-0.3, -0.25) is 4.84 Å². The van der Waals surface area contributed by atoms with Crippen LogP contribution >= 0.6 is 11.6 Å². The quantitative estimate of drug-likeness (QED) is 0.335. The lowest BCUT2D eigenvalue weighted by molar-refractivity contribution is -0.139. The lowest BCUT2D eigenvalue weighted by atomic mass is 9.80. The van der Waals surface area contributed by atoms with Gasteiger partial charge in [0.05, 0.1) is 36.5 Å². The summed E-state index contributed by atoms with van der Waals surface area (Å²) in [5.41, 5.74) is 1.29. The normalized spacial score (nSPS) is 16.6. The van der Waals surface area contributed by atoms with Gasteiger partial charge >= 0.3 is 11.9 Å². The Bertz CT molecular complexity index is 1040. The van der Waals surface area contributed by atoms with Crippen LogP contribution in [0, 0.1) is 0 Å². The Morgan fingerprint density at radius 3 is 2.44 bits per heavy atom. The minimum atomic E-state index is -3.89. The van der Waals surface area contributed by atoms with E-state index in [4.69, 9.17) is 25.9 Å². The predicted octanol–water partition coefficient (Wildman–Crippen LogP) is 1.67. The van der Waals surface area contributed by atoms with Crippen molar-refractivity contribution < 1.29 is 32.3 Å². The standard InChI is InChI=1S/C20H26ClN3O7S/c1-5-22-32(27,28)24-31-11-15-18(20(26)30-6-2)17(13-9-7-8-10-14(13)21)16(12(3)23-15)19(25)29-4/h7-10,17,22-24H,5-6,11H2,1-4H3. The highest BCUT2D eigenvalue weighted by atomic mass is 35.5. The van der Waals surface area contributed by atoms with Gasteiger partial charge in [0, 0.05) is 17.3 Å². The van der Waals surface area contributed by atoms with Crippen molar-refractivity contribution in [3.8, 4) is 0 Å². The van der Waals surface area contributed by atoms with Crippen LogP contribution in [-0.4, -0.2) is 47.2 Å². The molecule has 32 heavy (non-hydrogen) atoms. The van der Waals surface area contributed by atoms with Crippen LogP contribution in [0.15, 0.2) is 46.8 Å². The minimum absolute atomic E-state index is 0.0496. The van der Waals surface area contributed by atoms with E-state index in [9.17, 15) is 18.0 Å². The Labute approximate surface area is 192 Å². The van der Waals surface area contributed by atoms with Crippen LogP contribution in [0.1, 0.15) is 32.3 Å². The maximum absolute atomic E-state index is 13.0. The smallest absolute Gasteiger partial charge is 0.336 e. The maximum atomic E-state index is 13.0. The second-order valence-electron chi connectivity index (χ2n) is 6.60. The molecule has 0 aliphatic carbocycles. The summed E-state index contributed by atoms with van der Waals surface area (Å²) in [4.78, 5) is 32.7. The van der Waals surface area contributed by atoms with E-state index in [1.165, 1.54) is 7.11 Å². The van der Waals surface area contributed by atoms with Gasteiger partial charge in [-0.05, 0) is 25.5 Å². The van der Waals surface area contributed by atoms with E-state index >= 15 is 0 Å². The van der Waals surface area contributed by atoms with Crippen molar-refractivity contribution in [2.45, 2.75) is 26.7 Å². The summed E-state index contributed by atoms with van der Waals surface area (Å²) in [6, 6.07) is 6.75. The summed E-state index contributed by atoms with van der Waals surface area (Å²) in [5, 5.41) is 3.27. The van der Waals surface area contributed by atoms with Crippen LogP contribution in [0.25, 0.3) is 0 Å². The first-order valence-electron chi connectivity index (χ1n) is 9.75. The zero-order chi connectivity index (χ0) is 23.9. The summed E-state index contributed by atoms with van der Waals surface area (Å²) >= 11 is 6.41. The van der Waals surface area contributed by atoms with E-state index in [1.54, 1.807) is 45.0 Å². The number of benzene rings is 1. The fraction of sp³-hybridized carbons (Fsp3) is 0.400. The largest absolute Gasteiger partial charge is 0.466 e. The minimum Gasteiger partial charge on any atom is -0.466 e. The van der Waals surface area contributed by atoms with Crippen LogP contribution < -0.4 is 14.9 Å². The Balaban J connectivity index is 2.59. The van der Waals surface area contributed by atoms with Gasteiger partial charge in [-0.15, -0.1) is 0 Å². The third-order valence-corrected chi connectivity index (χ3v) is 5.83. The first-order chi connectivity index (χ1) is 15.2. The van der Waals surface area contributed by atoms with Crippen molar-refractivity contribution >= 4 is 33.7 Å². The molecular weight excluding hydrogens is 462 g/mol. The van der Waals surface area contributed by atoms with Gasteiger partial charge in [0.25, 0.3) is 10.2 Å². The fourth-order valence-corrected chi connectivity index (χ4v) is 4.16. The molecule has 0 saturated carbocycles. The van der Waals surface area contributed by atoms with Gasteiger partial charge in [0.2, 0.25) is 0 Å². The molecule has 2 rings (SSSR count). The molecule has 10 nitrogen and oxygen atoms in total. The average molecular weight is 488 g/mol. The Morgan fingerprint density at radius 1 is 1.16 bits per heavy atom. The van der Waals surface area contributed by atoms with Crippen molar-refractivity contribution in [1.82, 2.24) is 14.9 Å². The summed E-state index contributed by atoms with van der Waals surface area (Å²) in [6.07, 6.45) is 0. The van der Waals surface area contributed by atoms with Crippen LogP contribution in [0.5, 0.6) is 0 Å². The summed E-state index contributed by atoms with van der Waals surface area (Å²) in [5.74, 6) is -2.30. The molecule has 176 valence electrons. The number of carbonyl (C=O) groups is 2. The number of rotatable bonds is 10. The van der Waals surface area contributed by atoms with Gasteiger partial charge in [0.1, 0.15) is 6.61 Å². The zero-order valence-corrected chi connectivity index (χ0v) is 19.7. The van der Waals surface area contributed by atoms with E-state index in [2.05, 4.69) is 10.0 Å². The lowest BCUT2D eigenvalue weighted by Crippen LogP contribution is -2.39. The molecule has 0 aromatic heterocycles. The molecule has 0 bridgehead atoms. The van der Waals surface area contributed by atoms with Crippen molar-refractivity contribution in [3.05, 3.63) is 57.4 Å². The Morgan fingerprint density at radius 2 is 1.84 bits per heavy atom. The first kappa shape index (κ1) is 25.8. The molecule has 1 aliphatic heterocycles. The number of carbonyl (C=O) groups excluding carboxylic acids is 2. The van der Waals surface area contributed by atoms with Gasteiger partial charge < -0.3 is 14.8 Å². The molecule has 1 aromatic rings. The van der Waals surface area contributed by atoms with Crippen molar-refractivity contribution in [2.75, 3.05) is 26.9 Å². The highest BCUT2D eigenvalue weighted by Crippen LogP contribution is 2.41. The Kier molecular flexibility index (Phi) is 9.22. The molecule has 1 aliphatic rings. The molecule has 0 amide bonds. The maximum Gasteiger partial charge on any atom is 0.336 e. The summed E-state index contributed by atoms with van der Waals surface area (Å²) < 4.78 is 36.0. The van der Waals surface area contributed by atoms with E-state index in [0.717, 1.165) is 0 Å². The molecule has 1 atom stereocenters. The van der Waals surface area contributed by atoms with Crippen LogP contribution in [-0.2, 0) is 34.1 Å². The first-order valence-corrected chi connectivity index (χ1v) is 11.6. The SMILES string of the molecule is CCNS(=O)(=O)NOCC1=C(C(=O)OCC)C(c2ccccc2Cl)C(C(=O)OC)=C(C)N1. The van der Waals surface area contributed by atoms with Crippen LogP contribution in [0.2, 0.25) is 5.02 Å². The van der Waals surface area contributed by atoms with E-state index in [1.807, 2.05) is 4.89 Å². The molecule has 0 saturated heterocycles. The molecule has 1 heterocycles. The fourth-order valence-electron chi connectivity index (χ4n) is 3.26. The van der Waals surface area contributed by atoms with Gasteiger partial charge in [-0.1, -0.05) is 41.6 Å². The second kappa shape index (κ2) is 11.4. The molecule has 1 aromatic carbocycles. The number of halogens is 1. The monoisotopic (exact) mass is 487 g/mol. The molecule has 0 spiro atoms. The number of nitrogens with one attached hydrogen (secondary N) is 3. The molecule has 0 radical (unpaired) electrons. The van der Waals surface area contributed by atoms with E-state index in [-0.39, 0.29) is 36.6 Å². The van der Waals surface area contributed by atoms with Gasteiger partial charge in [-0.25, -0.2) is 14.3 Å². The highest BCUT2D eigenvalue weighted by Gasteiger charge is 2.39. The number of ether oxygens (including phenoxy) is 2. The second-order valence-corrected chi connectivity index (χ2v) is 8.47. The van der Waals surface area contributed by atoms with Gasteiger partial charge in [-0.2, -0.15) is 8.42 Å². The Hall–Kier alpha value is -2.44. The molecule has 3 N–H and O–H groups in total. The number of methoxy groups -OCH3 is 1. The number of dihydropyridines is 1. The highest BCUT2D eigenvalue weighted by molar-refractivity contribution is 7.87. The molecule has 12 heteroatoms. The summed E-state index contributed by atoms with van der Waals surface area (Å²) in [7, 11) is -2.66. The van der Waals surface area contributed by atoms with Gasteiger partial charge in [0.15, 0.2) is 0 Å². The number of hydrogen-bond donors (Lipinski definition) is 3.